The topological polar surface area (TPSA) is 54.4 Å². The van der Waals surface area contributed by atoms with Crippen molar-refractivity contribution in [1.82, 2.24) is 10.3 Å². The summed E-state index contributed by atoms with van der Waals surface area (Å²) < 4.78 is 5.09. The molecular formula is C15H18N2O2. The van der Waals surface area contributed by atoms with E-state index in [9.17, 15) is 5.11 Å². The number of hydrogen-bond acceptors (Lipinski definition) is 4. The molecular weight excluding hydrogens is 240 g/mol. The van der Waals surface area contributed by atoms with Gasteiger partial charge >= 0.3 is 0 Å². The van der Waals surface area contributed by atoms with Crippen molar-refractivity contribution in [2.75, 3.05) is 7.11 Å². The molecule has 0 amide bonds. The monoisotopic (exact) mass is 258 g/mol. The van der Waals surface area contributed by atoms with E-state index >= 15 is 0 Å². The van der Waals surface area contributed by atoms with Gasteiger partial charge < -0.3 is 15.2 Å². The summed E-state index contributed by atoms with van der Waals surface area (Å²) in [6.45, 7) is 2.79. The van der Waals surface area contributed by atoms with Crippen LogP contribution in [0.4, 0.5) is 0 Å². The molecule has 2 N–H and O–H groups in total. The van der Waals surface area contributed by atoms with Crippen LogP contribution in [0.5, 0.6) is 11.5 Å². The molecule has 1 aromatic heterocycles. The van der Waals surface area contributed by atoms with Crippen LogP contribution >= 0.6 is 0 Å². The highest BCUT2D eigenvalue weighted by atomic mass is 16.5. The van der Waals surface area contributed by atoms with Crippen LogP contribution in [0.3, 0.4) is 0 Å². The lowest BCUT2D eigenvalue weighted by Crippen LogP contribution is -2.18. The standard InChI is InChI=1S/C15H18N2O2/c1-11(13-4-3-7-16-10-13)17-9-12-5-6-14(18)15(8-12)19-2/h3-8,10-11,17-18H,9H2,1-2H3. The van der Waals surface area contributed by atoms with Crippen LogP contribution in [0.2, 0.25) is 0 Å². The second-order valence-electron chi connectivity index (χ2n) is 4.40. The van der Waals surface area contributed by atoms with Gasteiger partial charge in [0, 0.05) is 25.0 Å². The fourth-order valence-corrected chi connectivity index (χ4v) is 1.85. The number of aromatic nitrogens is 1. The normalized spacial score (nSPS) is 12.1. The SMILES string of the molecule is COc1cc(CNC(C)c2cccnc2)ccc1O. The Hall–Kier alpha value is -2.07. The molecule has 0 aliphatic carbocycles. The van der Waals surface area contributed by atoms with Gasteiger partial charge in [-0.25, -0.2) is 0 Å². The van der Waals surface area contributed by atoms with Gasteiger partial charge in [-0.1, -0.05) is 12.1 Å². The zero-order chi connectivity index (χ0) is 13.7. The first-order valence-corrected chi connectivity index (χ1v) is 6.20. The van der Waals surface area contributed by atoms with Crippen LogP contribution in [0, 0.1) is 0 Å². The van der Waals surface area contributed by atoms with Crippen LogP contribution in [0.25, 0.3) is 0 Å². The van der Waals surface area contributed by atoms with Crippen LogP contribution < -0.4 is 10.1 Å². The number of phenolic OH excluding ortho intramolecular Hbond substituents is 1. The van der Waals surface area contributed by atoms with Gasteiger partial charge in [-0.15, -0.1) is 0 Å². The van der Waals surface area contributed by atoms with Crippen molar-refractivity contribution in [3.05, 3.63) is 53.9 Å². The first-order chi connectivity index (χ1) is 9.20. The van der Waals surface area contributed by atoms with E-state index in [1.807, 2.05) is 30.5 Å². The van der Waals surface area contributed by atoms with Crippen LogP contribution in [0.15, 0.2) is 42.7 Å². The molecule has 1 unspecified atom stereocenters. The Morgan fingerprint density at radius 2 is 2.21 bits per heavy atom. The smallest absolute Gasteiger partial charge is 0.160 e. The van der Waals surface area contributed by atoms with Crippen molar-refractivity contribution in [1.29, 1.82) is 0 Å². The summed E-state index contributed by atoms with van der Waals surface area (Å²) in [4.78, 5) is 4.11. The maximum Gasteiger partial charge on any atom is 0.160 e. The number of methoxy groups -OCH3 is 1. The van der Waals surface area contributed by atoms with Gasteiger partial charge in [0.2, 0.25) is 0 Å². The van der Waals surface area contributed by atoms with Crippen molar-refractivity contribution in [2.24, 2.45) is 0 Å². The largest absolute Gasteiger partial charge is 0.504 e. The molecule has 4 nitrogen and oxygen atoms in total. The van der Waals surface area contributed by atoms with E-state index < -0.39 is 0 Å². The van der Waals surface area contributed by atoms with E-state index in [4.69, 9.17) is 4.74 Å². The third-order valence-corrected chi connectivity index (χ3v) is 3.04. The van der Waals surface area contributed by atoms with Gasteiger partial charge in [0.1, 0.15) is 0 Å². The minimum absolute atomic E-state index is 0.159. The molecule has 1 aromatic carbocycles. The average Bonchev–Trinajstić information content (AvgIpc) is 2.47. The highest BCUT2D eigenvalue weighted by Gasteiger charge is 2.06. The Balaban J connectivity index is 1.99. The van der Waals surface area contributed by atoms with Gasteiger partial charge in [0.25, 0.3) is 0 Å². The summed E-state index contributed by atoms with van der Waals surface area (Å²) in [5, 5.41) is 12.9. The molecule has 0 aliphatic heterocycles. The fourth-order valence-electron chi connectivity index (χ4n) is 1.85. The highest BCUT2D eigenvalue weighted by molar-refractivity contribution is 5.41. The molecule has 0 radical (unpaired) electrons. The quantitative estimate of drug-likeness (QED) is 0.865. The van der Waals surface area contributed by atoms with Crippen LogP contribution in [0.1, 0.15) is 24.1 Å². The minimum atomic E-state index is 0.159. The number of ether oxygens (including phenoxy) is 1. The summed E-state index contributed by atoms with van der Waals surface area (Å²) >= 11 is 0. The molecule has 0 bridgehead atoms. The number of nitrogens with one attached hydrogen (secondary N) is 1. The number of nitrogens with zero attached hydrogens (tertiary/aromatic N) is 1. The van der Waals surface area contributed by atoms with Crippen molar-refractivity contribution >= 4 is 0 Å². The van der Waals surface area contributed by atoms with Gasteiger partial charge in [-0.3, -0.25) is 4.98 Å². The lowest BCUT2D eigenvalue weighted by atomic mass is 10.1. The number of pyridine rings is 1. The predicted molar refractivity (Wildman–Crippen MR) is 74.2 cm³/mol. The molecule has 0 saturated carbocycles. The van der Waals surface area contributed by atoms with E-state index in [-0.39, 0.29) is 11.8 Å². The number of hydrogen-bond donors (Lipinski definition) is 2. The summed E-state index contributed by atoms with van der Waals surface area (Å²) in [6.07, 6.45) is 3.62. The molecule has 100 valence electrons. The molecule has 19 heavy (non-hydrogen) atoms. The van der Waals surface area contributed by atoms with E-state index in [2.05, 4.69) is 17.2 Å². The molecule has 1 atom stereocenters. The molecule has 0 fully saturated rings. The van der Waals surface area contributed by atoms with E-state index in [0.717, 1.165) is 11.1 Å². The third kappa shape index (κ3) is 3.45. The fraction of sp³-hybridized carbons (Fsp3) is 0.267. The number of phenols is 1. The van der Waals surface area contributed by atoms with Crippen LogP contribution in [-0.4, -0.2) is 17.2 Å². The Labute approximate surface area is 113 Å². The first-order valence-electron chi connectivity index (χ1n) is 6.20. The average molecular weight is 258 g/mol. The second-order valence-corrected chi connectivity index (χ2v) is 4.40. The zero-order valence-corrected chi connectivity index (χ0v) is 11.1. The van der Waals surface area contributed by atoms with E-state index in [0.29, 0.717) is 12.3 Å². The second kappa shape index (κ2) is 6.20. The van der Waals surface area contributed by atoms with Crippen LogP contribution in [-0.2, 0) is 6.54 Å². The summed E-state index contributed by atoms with van der Waals surface area (Å²) in [5.74, 6) is 0.653. The van der Waals surface area contributed by atoms with Crippen molar-refractivity contribution in [2.45, 2.75) is 19.5 Å². The maximum absolute atomic E-state index is 9.54. The Morgan fingerprint density at radius 1 is 1.37 bits per heavy atom. The van der Waals surface area contributed by atoms with Crippen molar-refractivity contribution < 1.29 is 9.84 Å². The minimum Gasteiger partial charge on any atom is -0.504 e. The molecule has 1 heterocycles. The molecule has 0 aliphatic rings. The molecule has 4 heteroatoms. The number of rotatable bonds is 5. The summed E-state index contributed by atoms with van der Waals surface area (Å²) in [5.41, 5.74) is 2.21. The Morgan fingerprint density at radius 3 is 2.89 bits per heavy atom. The third-order valence-electron chi connectivity index (χ3n) is 3.04. The lowest BCUT2D eigenvalue weighted by molar-refractivity contribution is 0.372. The van der Waals surface area contributed by atoms with Crippen molar-refractivity contribution in [3.63, 3.8) is 0 Å². The predicted octanol–water partition coefficient (Wildman–Crippen LogP) is 2.65. The summed E-state index contributed by atoms with van der Waals surface area (Å²) in [7, 11) is 1.55. The molecule has 0 saturated heterocycles. The van der Waals surface area contributed by atoms with Gasteiger partial charge in [0.05, 0.1) is 7.11 Å². The highest BCUT2D eigenvalue weighted by Crippen LogP contribution is 2.26. The van der Waals surface area contributed by atoms with Gasteiger partial charge in [-0.2, -0.15) is 0 Å². The molecule has 2 rings (SSSR count). The van der Waals surface area contributed by atoms with E-state index in [1.165, 1.54) is 0 Å². The Bertz CT molecular complexity index is 529. The van der Waals surface area contributed by atoms with Gasteiger partial charge in [0.15, 0.2) is 11.5 Å². The van der Waals surface area contributed by atoms with Crippen molar-refractivity contribution in [3.8, 4) is 11.5 Å². The maximum atomic E-state index is 9.54. The van der Waals surface area contributed by atoms with E-state index in [1.54, 1.807) is 19.4 Å². The molecule has 0 spiro atoms. The lowest BCUT2D eigenvalue weighted by Gasteiger charge is -2.14. The molecule has 2 aromatic rings. The first kappa shape index (κ1) is 13.4. The summed E-state index contributed by atoms with van der Waals surface area (Å²) in [6, 6.07) is 9.54. The zero-order valence-electron chi connectivity index (χ0n) is 11.1. The number of benzene rings is 1. The van der Waals surface area contributed by atoms with Gasteiger partial charge in [-0.05, 0) is 36.2 Å². The number of aromatic hydroxyl groups is 1. The Kier molecular flexibility index (Phi) is 4.36.